The Bertz CT molecular complexity index is 571. The molecule has 2 aromatic carbocycles. The van der Waals surface area contributed by atoms with Crippen molar-refractivity contribution in [3.63, 3.8) is 0 Å². The van der Waals surface area contributed by atoms with Gasteiger partial charge in [0.2, 0.25) is 0 Å². The third kappa shape index (κ3) is 4.38. The number of methoxy groups -OCH3 is 1. The number of hydrogen-bond acceptors (Lipinski definition) is 3. The molecule has 112 valence electrons. The molecule has 0 aliphatic heterocycles. The maximum Gasteiger partial charge on any atom is 0.119 e. The molecule has 0 bridgehead atoms. The molecule has 0 spiro atoms. The fraction of sp³-hybridized carbons (Fsp3) is 0.294. The van der Waals surface area contributed by atoms with Crippen molar-refractivity contribution in [1.82, 2.24) is 0 Å². The van der Waals surface area contributed by atoms with E-state index in [0.717, 1.165) is 35.0 Å². The molecule has 0 aliphatic carbocycles. The van der Waals surface area contributed by atoms with Crippen LogP contribution >= 0.6 is 11.6 Å². The summed E-state index contributed by atoms with van der Waals surface area (Å²) in [4.78, 5) is 2.18. The van der Waals surface area contributed by atoms with E-state index in [2.05, 4.69) is 11.9 Å². The van der Waals surface area contributed by atoms with Crippen LogP contribution in [0.1, 0.15) is 18.0 Å². The number of rotatable bonds is 6. The van der Waals surface area contributed by atoms with Gasteiger partial charge in [0.05, 0.1) is 7.11 Å². The lowest BCUT2D eigenvalue weighted by Gasteiger charge is -2.22. The van der Waals surface area contributed by atoms with Crippen molar-refractivity contribution in [2.75, 3.05) is 25.6 Å². The Morgan fingerprint density at radius 2 is 1.90 bits per heavy atom. The maximum atomic E-state index is 6.23. The van der Waals surface area contributed by atoms with Crippen LogP contribution in [0.2, 0.25) is 5.02 Å². The van der Waals surface area contributed by atoms with Crippen LogP contribution in [0.4, 0.5) is 5.69 Å². The topological polar surface area (TPSA) is 38.5 Å². The van der Waals surface area contributed by atoms with E-state index in [9.17, 15) is 0 Å². The fourth-order valence-corrected chi connectivity index (χ4v) is 2.40. The second-order valence-corrected chi connectivity index (χ2v) is 5.51. The third-order valence-corrected chi connectivity index (χ3v) is 3.80. The minimum absolute atomic E-state index is 0.00982. The zero-order chi connectivity index (χ0) is 15.2. The minimum atomic E-state index is -0.00982. The Morgan fingerprint density at radius 1 is 1.19 bits per heavy atom. The van der Waals surface area contributed by atoms with Gasteiger partial charge in [0.15, 0.2) is 0 Å². The summed E-state index contributed by atoms with van der Waals surface area (Å²) in [5, 5.41) is 0.728. The summed E-state index contributed by atoms with van der Waals surface area (Å²) in [5.74, 6) is 0.864. The maximum absolute atomic E-state index is 6.23. The van der Waals surface area contributed by atoms with Crippen LogP contribution in [-0.4, -0.2) is 20.7 Å². The predicted molar refractivity (Wildman–Crippen MR) is 89.3 cm³/mol. The highest BCUT2D eigenvalue weighted by molar-refractivity contribution is 6.30. The first kappa shape index (κ1) is 15.7. The van der Waals surface area contributed by atoms with Gasteiger partial charge in [-0.2, -0.15) is 0 Å². The first-order valence-electron chi connectivity index (χ1n) is 6.96. The second-order valence-electron chi connectivity index (χ2n) is 5.07. The zero-order valence-electron chi connectivity index (χ0n) is 12.4. The number of benzene rings is 2. The first-order valence-corrected chi connectivity index (χ1v) is 7.34. The molecule has 2 N–H and O–H groups in total. The highest BCUT2D eigenvalue weighted by atomic mass is 35.5. The van der Waals surface area contributed by atoms with E-state index in [4.69, 9.17) is 22.1 Å². The van der Waals surface area contributed by atoms with Gasteiger partial charge in [0.25, 0.3) is 0 Å². The molecule has 0 heterocycles. The number of halogens is 1. The van der Waals surface area contributed by atoms with Gasteiger partial charge in [-0.25, -0.2) is 0 Å². The molecule has 21 heavy (non-hydrogen) atoms. The summed E-state index contributed by atoms with van der Waals surface area (Å²) in [6, 6.07) is 15.7. The van der Waals surface area contributed by atoms with E-state index in [0.29, 0.717) is 0 Å². The van der Waals surface area contributed by atoms with Gasteiger partial charge in [-0.15, -0.1) is 0 Å². The summed E-state index contributed by atoms with van der Waals surface area (Å²) in [5.41, 5.74) is 8.45. The van der Waals surface area contributed by atoms with Crippen molar-refractivity contribution in [3.05, 3.63) is 59.1 Å². The molecule has 2 rings (SSSR count). The highest BCUT2D eigenvalue weighted by Gasteiger charge is 2.08. The Labute approximate surface area is 131 Å². The van der Waals surface area contributed by atoms with Crippen LogP contribution in [0.5, 0.6) is 5.75 Å². The highest BCUT2D eigenvalue weighted by Crippen LogP contribution is 2.21. The lowest BCUT2D eigenvalue weighted by Crippen LogP contribution is -2.23. The summed E-state index contributed by atoms with van der Waals surface area (Å²) in [6.45, 7) is 0.875. The van der Waals surface area contributed by atoms with E-state index in [-0.39, 0.29) is 6.04 Å². The number of nitrogens with zero attached hydrogens (tertiary/aromatic N) is 1. The Balaban J connectivity index is 1.92. The van der Waals surface area contributed by atoms with Crippen LogP contribution in [0, 0.1) is 0 Å². The summed E-state index contributed by atoms with van der Waals surface area (Å²) >= 11 is 6.00. The smallest absolute Gasteiger partial charge is 0.119 e. The van der Waals surface area contributed by atoms with Crippen molar-refractivity contribution < 1.29 is 4.74 Å². The molecule has 1 atom stereocenters. The minimum Gasteiger partial charge on any atom is -0.497 e. The van der Waals surface area contributed by atoms with Crippen LogP contribution in [-0.2, 0) is 0 Å². The fourth-order valence-electron chi connectivity index (χ4n) is 2.20. The molecular formula is C17H21ClN2O. The zero-order valence-corrected chi connectivity index (χ0v) is 13.2. The number of ether oxygens (including phenoxy) is 1. The number of nitrogens with two attached hydrogens (primary N) is 1. The molecule has 0 fully saturated rings. The molecule has 0 amide bonds. The van der Waals surface area contributed by atoms with E-state index < -0.39 is 0 Å². The number of hydrogen-bond donors (Lipinski definition) is 1. The van der Waals surface area contributed by atoms with Crippen molar-refractivity contribution in [1.29, 1.82) is 0 Å². The lowest BCUT2D eigenvalue weighted by atomic mass is 10.0. The summed E-state index contributed by atoms with van der Waals surface area (Å²) in [6.07, 6.45) is 0.864. The van der Waals surface area contributed by atoms with Crippen molar-refractivity contribution >= 4 is 17.3 Å². The largest absolute Gasteiger partial charge is 0.497 e. The Morgan fingerprint density at radius 3 is 2.52 bits per heavy atom. The van der Waals surface area contributed by atoms with E-state index in [1.807, 2.05) is 48.5 Å². The molecule has 4 heteroatoms. The Hall–Kier alpha value is -1.71. The SMILES string of the molecule is COc1ccc(N(C)CCC(N)c2cccc(Cl)c2)cc1. The van der Waals surface area contributed by atoms with Gasteiger partial charge >= 0.3 is 0 Å². The number of anilines is 1. The van der Waals surface area contributed by atoms with Gasteiger partial charge in [-0.05, 0) is 48.4 Å². The average Bonchev–Trinajstić information content (AvgIpc) is 2.52. The summed E-state index contributed by atoms with van der Waals surface area (Å²) < 4.78 is 5.17. The van der Waals surface area contributed by atoms with Gasteiger partial charge in [0, 0.05) is 30.3 Å². The molecule has 1 unspecified atom stereocenters. The standard InChI is InChI=1S/C17H21ClN2O/c1-20(15-6-8-16(21-2)9-7-15)11-10-17(19)13-4-3-5-14(18)12-13/h3-9,12,17H,10-11,19H2,1-2H3. The molecule has 3 nitrogen and oxygen atoms in total. The summed E-state index contributed by atoms with van der Waals surface area (Å²) in [7, 11) is 3.73. The van der Waals surface area contributed by atoms with Gasteiger partial charge in [-0.3, -0.25) is 0 Å². The van der Waals surface area contributed by atoms with Crippen LogP contribution in [0.25, 0.3) is 0 Å². The molecule has 0 saturated heterocycles. The molecule has 0 aromatic heterocycles. The predicted octanol–water partition coefficient (Wildman–Crippen LogP) is 3.87. The van der Waals surface area contributed by atoms with Gasteiger partial charge < -0.3 is 15.4 Å². The van der Waals surface area contributed by atoms with Crippen molar-refractivity contribution in [2.45, 2.75) is 12.5 Å². The van der Waals surface area contributed by atoms with Gasteiger partial charge in [-0.1, -0.05) is 23.7 Å². The van der Waals surface area contributed by atoms with E-state index in [1.165, 1.54) is 0 Å². The van der Waals surface area contributed by atoms with Gasteiger partial charge in [0.1, 0.15) is 5.75 Å². The molecular weight excluding hydrogens is 284 g/mol. The molecule has 0 aliphatic rings. The van der Waals surface area contributed by atoms with Crippen molar-refractivity contribution in [3.8, 4) is 5.75 Å². The lowest BCUT2D eigenvalue weighted by molar-refractivity contribution is 0.415. The third-order valence-electron chi connectivity index (χ3n) is 3.57. The van der Waals surface area contributed by atoms with E-state index in [1.54, 1.807) is 7.11 Å². The Kier molecular flexibility index (Phi) is 5.48. The first-order chi connectivity index (χ1) is 10.1. The van der Waals surface area contributed by atoms with Crippen LogP contribution in [0.3, 0.4) is 0 Å². The monoisotopic (exact) mass is 304 g/mol. The van der Waals surface area contributed by atoms with E-state index >= 15 is 0 Å². The normalized spacial score (nSPS) is 12.0. The molecule has 0 radical (unpaired) electrons. The van der Waals surface area contributed by atoms with Crippen LogP contribution in [0.15, 0.2) is 48.5 Å². The molecule has 2 aromatic rings. The quantitative estimate of drug-likeness (QED) is 0.880. The average molecular weight is 305 g/mol. The second kappa shape index (κ2) is 7.34. The van der Waals surface area contributed by atoms with Crippen LogP contribution < -0.4 is 15.4 Å². The van der Waals surface area contributed by atoms with Crippen molar-refractivity contribution in [2.24, 2.45) is 5.73 Å². The molecule has 0 saturated carbocycles.